The van der Waals surface area contributed by atoms with Crippen LogP contribution in [0, 0.1) is 21.7 Å². The minimum Gasteiger partial charge on any atom is -0.465 e. The monoisotopic (exact) mass is 1300 g/mol. The molecule has 0 atom stereocenters. The Morgan fingerprint density at radius 3 is 0.396 bits per heavy atom. The maximum absolute atomic E-state index is 13.7. The smallest absolute Gasteiger partial charge is 0.305 e. The maximum Gasteiger partial charge on any atom is 0.305 e. The largest absolute Gasteiger partial charge is 0.465 e. The summed E-state index contributed by atoms with van der Waals surface area (Å²) in [7, 11) is 0. The Bertz CT molecular complexity index is 1870. The molecule has 0 N–H and O–H groups in total. The highest BCUT2D eigenvalue weighted by atomic mass is 16.6. The van der Waals surface area contributed by atoms with Crippen LogP contribution in [-0.4, -0.2) is 177 Å². The predicted octanol–water partition coefficient (Wildman–Crippen LogP) is 8.65. The van der Waals surface area contributed by atoms with Crippen LogP contribution in [0.5, 0.6) is 0 Å². The highest BCUT2D eigenvalue weighted by molar-refractivity contribution is 5.74. The predicted molar refractivity (Wildman–Crippen MR) is 326 cm³/mol. The number of hydrogen-bond donors (Lipinski definition) is 0. The van der Waals surface area contributed by atoms with Crippen LogP contribution >= 0.6 is 0 Å². The summed E-state index contributed by atoms with van der Waals surface area (Å²) >= 11 is 0. The van der Waals surface area contributed by atoms with Crippen LogP contribution in [0.1, 0.15) is 217 Å². The second-order valence-electron chi connectivity index (χ2n) is 23.3. The van der Waals surface area contributed by atoms with Gasteiger partial charge in [0, 0.05) is 77.0 Å². The molecule has 0 aromatic heterocycles. The van der Waals surface area contributed by atoms with Gasteiger partial charge < -0.3 is 66.3 Å². The van der Waals surface area contributed by atoms with Crippen LogP contribution in [0.3, 0.4) is 0 Å². The molecule has 0 radical (unpaired) electrons. The van der Waals surface area contributed by atoms with Crippen molar-refractivity contribution in [2.75, 3.05) is 106 Å². The molecular formula is C65H108O26. The fraction of sp³-hybridized carbons (Fsp3) is 0.815. The molecule has 0 bridgehead atoms. The first-order chi connectivity index (χ1) is 43.5. The summed E-state index contributed by atoms with van der Waals surface area (Å²) in [5, 5.41) is 0. The summed E-state index contributed by atoms with van der Waals surface area (Å²) in [6.07, 6.45) is 3.92. The van der Waals surface area contributed by atoms with Gasteiger partial charge in [-0.2, -0.15) is 0 Å². The van der Waals surface area contributed by atoms with Crippen molar-refractivity contribution in [3.63, 3.8) is 0 Å². The Labute approximate surface area is 538 Å². The first-order valence-corrected chi connectivity index (χ1v) is 32.5. The van der Waals surface area contributed by atoms with Crippen molar-refractivity contribution in [1.82, 2.24) is 0 Å². The van der Waals surface area contributed by atoms with E-state index in [1.165, 1.54) is 0 Å². The molecule has 0 saturated heterocycles. The molecule has 0 aliphatic rings. The fourth-order valence-electron chi connectivity index (χ4n) is 8.06. The maximum atomic E-state index is 13.7. The Balaban J connectivity index is 7.16. The van der Waals surface area contributed by atoms with Crippen LogP contribution in [0.25, 0.3) is 0 Å². The zero-order chi connectivity index (χ0) is 68.4. The third-order valence-electron chi connectivity index (χ3n) is 13.4. The average Bonchev–Trinajstić information content (AvgIpc) is 3.25. The lowest BCUT2D eigenvalue weighted by atomic mass is 9.90. The first kappa shape index (κ1) is 84.6. The number of carbonyl (C=O) groups excluding carboxylic acids is 12. The van der Waals surface area contributed by atoms with Crippen LogP contribution in [-0.2, 0) is 124 Å². The summed E-state index contributed by atoms with van der Waals surface area (Å²) in [4.78, 5) is 156. The summed E-state index contributed by atoms with van der Waals surface area (Å²) < 4.78 is 80.5. The molecule has 0 rings (SSSR count). The average molecular weight is 1310 g/mol. The van der Waals surface area contributed by atoms with Crippen molar-refractivity contribution in [3.05, 3.63) is 0 Å². The van der Waals surface area contributed by atoms with Crippen LogP contribution in [0.4, 0.5) is 0 Å². The van der Waals surface area contributed by atoms with Crippen molar-refractivity contribution in [2.45, 2.75) is 217 Å². The SMILES string of the molecule is CCCC(=O)OCC(COCC(COC(=O)CCC)(COC(=O)CCC)COC(=O)CCCC(=O)OCC(COCC(COC(=O)CCC)(COC(=O)CCC)COC(=O)CCC)(COC(=O)CCC)COC(=O)CCC)(COC(=O)CCC)COC(=O)CCC. The van der Waals surface area contributed by atoms with Crippen molar-refractivity contribution in [2.24, 2.45) is 21.7 Å². The molecule has 0 spiro atoms. The highest BCUT2D eigenvalue weighted by Crippen LogP contribution is 2.30. The number of ether oxygens (including phenoxy) is 14. The zero-order valence-electron chi connectivity index (χ0n) is 56.2. The second kappa shape index (κ2) is 50.2. The molecule has 26 nitrogen and oxygen atoms in total. The van der Waals surface area contributed by atoms with Gasteiger partial charge in [0.15, 0.2) is 0 Å². The quantitative estimate of drug-likeness (QED) is 0.0406. The lowest BCUT2D eigenvalue weighted by Crippen LogP contribution is -2.47. The van der Waals surface area contributed by atoms with Gasteiger partial charge in [-0.3, -0.25) is 57.5 Å². The highest BCUT2D eigenvalue weighted by Gasteiger charge is 2.43. The van der Waals surface area contributed by atoms with Crippen molar-refractivity contribution >= 4 is 71.6 Å². The van der Waals surface area contributed by atoms with E-state index in [9.17, 15) is 57.5 Å². The van der Waals surface area contributed by atoms with E-state index in [4.69, 9.17) is 66.3 Å². The Morgan fingerprint density at radius 1 is 0.176 bits per heavy atom. The molecule has 0 aromatic rings. The summed E-state index contributed by atoms with van der Waals surface area (Å²) in [5.41, 5.74) is -6.17. The molecule has 91 heavy (non-hydrogen) atoms. The van der Waals surface area contributed by atoms with Crippen LogP contribution in [0.2, 0.25) is 0 Å². The van der Waals surface area contributed by atoms with Gasteiger partial charge in [-0.15, -0.1) is 0 Å². The minimum absolute atomic E-state index is 0.0111. The van der Waals surface area contributed by atoms with Gasteiger partial charge in [0.05, 0.1) is 48.1 Å². The van der Waals surface area contributed by atoms with Crippen molar-refractivity contribution in [3.8, 4) is 0 Å². The Kier molecular flexibility index (Phi) is 46.6. The van der Waals surface area contributed by atoms with Gasteiger partial charge in [-0.1, -0.05) is 69.2 Å². The van der Waals surface area contributed by atoms with E-state index >= 15 is 0 Å². The third-order valence-corrected chi connectivity index (χ3v) is 13.4. The normalized spacial score (nSPS) is 11.5. The first-order valence-electron chi connectivity index (χ1n) is 32.5. The van der Waals surface area contributed by atoms with Crippen LogP contribution in [0.15, 0.2) is 0 Å². The van der Waals surface area contributed by atoms with E-state index in [1.807, 2.05) is 0 Å². The zero-order valence-corrected chi connectivity index (χ0v) is 56.2. The van der Waals surface area contributed by atoms with E-state index in [0.717, 1.165) is 0 Å². The minimum atomic E-state index is -1.60. The van der Waals surface area contributed by atoms with E-state index in [0.29, 0.717) is 64.2 Å². The van der Waals surface area contributed by atoms with Crippen LogP contribution < -0.4 is 0 Å². The standard InChI is InChI=1S/C65H108O26/c1-11-22-50(66)80-38-62(39-81-51(67)23-12-2,40-82-52(68)24-13-3)34-78-36-64(44-86-56(72)28-17-7,45-87-57(73)29-18-8)48-90-60(76)32-21-33-61(77)91-49-65(46-88-58(74)30-19-9,47-89-59(75)31-20-10)37-79-35-63(41-83-53(69)25-14-4,42-84-54(70)26-15-5)43-85-55(71)27-16-6/h11-49H2,1-10H3. The van der Waals surface area contributed by atoms with Crippen molar-refractivity contribution in [1.29, 1.82) is 0 Å². The molecule has 0 unspecified atom stereocenters. The van der Waals surface area contributed by atoms with Gasteiger partial charge in [0.1, 0.15) is 79.3 Å². The molecule has 0 aliphatic carbocycles. The molecule has 0 aromatic carbocycles. The summed E-state index contributed by atoms with van der Waals surface area (Å²) in [5.74, 6) is -7.64. The Morgan fingerprint density at radius 2 is 0.286 bits per heavy atom. The molecule has 0 heterocycles. The molecular weight excluding hydrogens is 1200 g/mol. The molecule has 26 heteroatoms. The lowest BCUT2D eigenvalue weighted by Gasteiger charge is -2.35. The van der Waals surface area contributed by atoms with E-state index in [2.05, 4.69) is 0 Å². The van der Waals surface area contributed by atoms with Gasteiger partial charge in [-0.05, 0) is 70.6 Å². The number of hydrogen-bond acceptors (Lipinski definition) is 26. The summed E-state index contributed by atoms with van der Waals surface area (Å²) in [6, 6.07) is 0. The molecule has 0 aliphatic heterocycles. The number of esters is 12. The topological polar surface area (TPSA) is 334 Å². The Hall–Kier alpha value is -6.44. The number of rotatable bonds is 56. The molecule has 0 saturated carbocycles. The van der Waals surface area contributed by atoms with E-state index < -0.39 is 199 Å². The lowest BCUT2D eigenvalue weighted by molar-refractivity contribution is -0.179. The van der Waals surface area contributed by atoms with Gasteiger partial charge in [0.2, 0.25) is 0 Å². The molecule has 524 valence electrons. The van der Waals surface area contributed by atoms with Gasteiger partial charge in [-0.25, -0.2) is 0 Å². The van der Waals surface area contributed by atoms with Crippen molar-refractivity contribution < 1.29 is 124 Å². The van der Waals surface area contributed by atoms with E-state index in [1.54, 1.807) is 69.2 Å². The fourth-order valence-corrected chi connectivity index (χ4v) is 8.06. The number of carbonyl (C=O) groups is 12. The summed E-state index contributed by atoms with van der Waals surface area (Å²) in [6.45, 7) is 10.3. The third kappa shape index (κ3) is 40.2. The van der Waals surface area contributed by atoms with Gasteiger partial charge >= 0.3 is 71.6 Å². The molecule has 0 amide bonds. The second-order valence-corrected chi connectivity index (χ2v) is 23.3. The van der Waals surface area contributed by atoms with Gasteiger partial charge in [0.25, 0.3) is 0 Å². The molecule has 0 fully saturated rings. The van der Waals surface area contributed by atoms with E-state index in [-0.39, 0.29) is 83.5 Å².